The Morgan fingerprint density at radius 1 is 1.47 bits per heavy atom. The minimum Gasteiger partial charge on any atom is -0.497 e. The van der Waals surface area contributed by atoms with Gasteiger partial charge < -0.3 is 9.84 Å². The molecule has 0 heterocycles. The number of ether oxygens (including phenoxy) is 1. The summed E-state index contributed by atoms with van der Waals surface area (Å²) in [4.78, 5) is 0. The van der Waals surface area contributed by atoms with E-state index in [-0.39, 0.29) is 0 Å². The molecule has 0 amide bonds. The van der Waals surface area contributed by atoms with Gasteiger partial charge in [0.05, 0.1) is 13.2 Å². The summed E-state index contributed by atoms with van der Waals surface area (Å²) in [6.45, 7) is 2.14. The lowest BCUT2D eigenvalue weighted by Gasteiger charge is -2.11. The van der Waals surface area contributed by atoms with E-state index in [0.717, 1.165) is 29.2 Å². The third kappa shape index (κ3) is 4.14. The first kappa shape index (κ1) is 12.4. The largest absolute Gasteiger partial charge is 0.497 e. The van der Waals surface area contributed by atoms with Crippen LogP contribution in [0, 0.1) is 0 Å². The van der Waals surface area contributed by atoms with Crippen LogP contribution in [0.1, 0.15) is 25.0 Å². The first-order chi connectivity index (χ1) is 7.27. The van der Waals surface area contributed by atoms with Gasteiger partial charge in [-0.15, -0.1) is 0 Å². The number of aliphatic hydroxyl groups excluding tert-OH is 1. The highest BCUT2D eigenvalue weighted by Gasteiger charge is 2.07. The highest BCUT2D eigenvalue weighted by Crippen LogP contribution is 2.22. The quantitative estimate of drug-likeness (QED) is 0.756. The fourth-order valence-electron chi connectivity index (χ4n) is 1.28. The summed E-state index contributed by atoms with van der Waals surface area (Å²) in [6, 6.07) is 7.61. The van der Waals surface area contributed by atoms with Gasteiger partial charge in [0, 0.05) is 5.75 Å². The SMILES string of the molecule is CCCSCC(O)c1cccc(OC)c1. The van der Waals surface area contributed by atoms with Gasteiger partial charge in [-0.1, -0.05) is 19.1 Å². The molecule has 0 aliphatic heterocycles. The van der Waals surface area contributed by atoms with E-state index in [2.05, 4.69) is 6.92 Å². The van der Waals surface area contributed by atoms with Gasteiger partial charge in [-0.05, 0) is 29.9 Å². The van der Waals surface area contributed by atoms with E-state index in [1.807, 2.05) is 24.3 Å². The van der Waals surface area contributed by atoms with E-state index in [9.17, 15) is 5.11 Å². The van der Waals surface area contributed by atoms with E-state index in [1.165, 1.54) is 0 Å². The molecule has 0 aromatic heterocycles. The smallest absolute Gasteiger partial charge is 0.119 e. The summed E-state index contributed by atoms with van der Waals surface area (Å²) in [5, 5.41) is 9.89. The van der Waals surface area contributed by atoms with Crippen molar-refractivity contribution >= 4 is 11.8 Å². The van der Waals surface area contributed by atoms with Crippen LogP contribution in [0.5, 0.6) is 5.75 Å². The van der Waals surface area contributed by atoms with Crippen LogP contribution < -0.4 is 4.74 Å². The molecule has 1 aromatic carbocycles. The number of aliphatic hydroxyl groups is 1. The fourth-order valence-corrected chi connectivity index (χ4v) is 2.16. The van der Waals surface area contributed by atoms with Crippen molar-refractivity contribution in [1.29, 1.82) is 0 Å². The number of hydrogen-bond acceptors (Lipinski definition) is 3. The van der Waals surface area contributed by atoms with Crippen LogP contribution >= 0.6 is 11.8 Å². The second-order valence-corrected chi connectivity index (χ2v) is 4.52. The van der Waals surface area contributed by atoms with Gasteiger partial charge in [0.1, 0.15) is 5.75 Å². The maximum atomic E-state index is 9.89. The van der Waals surface area contributed by atoms with Crippen molar-refractivity contribution in [3.8, 4) is 5.75 Å². The lowest BCUT2D eigenvalue weighted by molar-refractivity contribution is 0.203. The molecule has 84 valence electrons. The monoisotopic (exact) mass is 226 g/mol. The molecule has 1 unspecified atom stereocenters. The maximum Gasteiger partial charge on any atom is 0.119 e. The van der Waals surface area contributed by atoms with E-state index < -0.39 is 6.10 Å². The predicted octanol–water partition coefficient (Wildman–Crippen LogP) is 2.87. The van der Waals surface area contributed by atoms with E-state index in [4.69, 9.17) is 4.74 Å². The minimum atomic E-state index is -0.392. The molecule has 1 rings (SSSR count). The van der Waals surface area contributed by atoms with Crippen molar-refractivity contribution in [2.24, 2.45) is 0 Å². The van der Waals surface area contributed by atoms with Gasteiger partial charge in [0.2, 0.25) is 0 Å². The summed E-state index contributed by atoms with van der Waals surface area (Å²) >= 11 is 1.78. The fraction of sp³-hybridized carbons (Fsp3) is 0.500. The average Bonchev–Trinajstić information content (AvgIpc) is 2.29. The molecule has 0 spiro atoms. The van der Waals surface area contributed by atoms with Gasteiger partial charge in [-0.25, -0.2) is 0 Å². The lowest BCUT2D eigenvalue weighted by atomic mass is 10.1. The van der Waals surface area contributed by atoms with Crippen molar-refractivity contribution in [2.45, 2.75) is 19.4 Å². The molecule has 2 nitrogen and oxygen atoms in total. The Bertz CT molecular complexity index is 289. The van der Waals surface area contributed by atoms with Gasteiger partial charge in [0.25, 0.3) is 0 Å². The Morgan fingerprint density at radius 3 is 2.93 bits per heavy atom. The second kappa shape index (κ2) is 6.75. The standard InChI is InChI=1S/C12H18O2S/c1-3-7-15-9-12(13)10-5-4-6-11(8-10)14-2/h4-6,8,12-13H,3,7,9H2,1-2H3. The number of rotatable bonds is 6. The molecule has 1 atom stereocenters. The molecular formula is C12H18O2S. The molecule has 15 heavy (non-hydrogen) atoms. The van der Waals surface area contributed by atoms with Crippen molar-refractivity contribution in [2.75, 3.05) is 18.6 Å². The summed E-state index contributed by atoms with van der Waals surface area (Å²) in [5.74, 6) is 2.65. The Hall–Kier alpha value is -0.670. The second-order valence-electron chi connectivity index (χ2n) is 3.37. The Morgan fingerprint density at radius 2 is 2.27 bits per heavy atom. The zero-order valence-electron chi connectivity index (χ0n) is 9.27. The Kier molecular flexibility index (Phi) is 5.58. The highest BCUT2D eigenvalue weighted by atomic mass is 32.2. The van der Waals surface area contributed by atoms with Crippen LogP contribution in [-0.4, -0.2) is 23.7 Å². The van der Waals surface area contributed by atoms with Crippen LogP contribution in [0.15, 0.2) is 24.3 Å². The number of thioether (sulfide) groups is 1. The molecule has 0 bridgehead atoms. The van der Waals surface area contributed by atoms with Gasteiger partial charge >= 0.3 is 0 Å². The van der Waals surface area contributed by atoms with E-state index in [1.54, 1.807) is 18.9 Å². The van der Waals surface area contributed by atoms with Crippen LogP contribution in [0.25, 0.3) is 0 Å². The molecule has 1 N–H and O–H groups in total. The molecule has 3 heteroatoms. The van der Waals surface area contributed by atoms with Crippen LogP contribution in [0.3, 0.4) is 0 Å². The first-order valence-corrected chi connectivity index (χ1v) is 6.33. The number of hydrogen-bond donors (Lipinski definition) is 1. The minimum absolute atomic E-state index is 0.392. The Labute approximate surface area is 95.7 Å². The van der Waals surface area contributed by atoms with Crippen LogP contribution in [0.4, 0.5) is 0 Å². The topological polar surface area (TPSA) is 29.5 Å². The Balaban J connectivity index is 2.52. The van der Waals surface area contributed by atoms with Gasteiger partial charge in [-0.3, -0.25) is 0 Å². The molecule has 0 fully saturated rings. The van der Waals surface area contributed by atoms with Crippen molar-refractivity contribution in [3.05, 3.63) is 29.8 Å². The summed E-state index contributed by atoms with van der Waals surface area (Å²) in [7, 11) is 1.64. The van der Waals surface area contributed by atoms with Crippen LogP contribution in [0.2, 0.25) is 0 Å². The summed E-state index contributed by atoms with van der Waals surface area (Å²) in [5.41, 5.74) is 0.929. The van der Waals surface area contributed by atoms with Gasteiger partial charge in [0.15, 0.2) is 0 Å². The normalized spacial score (nSPS) is 12.5. The molecule has 0 aliphatic carbocycles. The number of benzene rings is 1. The third-order valence-corrected chi connectivity index (χ3v) is 3.35. The molecule has 0 radical (unpaired) electrons. The third-order valence-electron chi connectivity index (χ3n) is 2.10. The molecule has 0 saturated carbocycles. The van der Waals surface area contributed by atoms with Crippen molar-refractivity contribution in [1.82, 2.24) is 0 Å². The van der Waals surface area contributed by atoms with Crippen LogP contribution in [-0.2, 0) is 0 Å². The van der Waals surface area contributed by atoms with E-state index in [0.29, 0.717) is 0 Å². The molecule has 0 aliphatic rings. The van der Waals surface area contributed by atoms with Gasteiger partial charge in [-0.2, -0.15) is 11.8 Å². The highest BCUT2D eigenvalue weighted by molar-refractivity contribution is 7.99. The first-order valence-electron chi connectivity index (χ1n) is 5.17. The van der Waals surface area contributed by atoms with Crippen molar-refractivity contribution < 1.29 is 9.84 Å². The maximum absolute atomic E-state index is 9.89. The summed E-state index contributed by atoms with van der Waals surface area (Å²) in [6.07, 6.45) is 0.756. The van der Waals surface area contributed by atoms with E-state index >= 15 is 0 Å². The van der Waals surface area contributed by atoms with Crippen molar-refractivity contribution in [3.63, 3.8) is 0 Å². The molecular weight excluding hydrogens is 208 g/mol. The summed E-state index contributed by atoms with van der Waals surface area (Å²) < 4.78 is 5.11. The zero-order chi connectivity index (χ0) is 11.1. The number of methoxy groups -OCH3 is 1. The molecule has 1 aromatic rings. The predicted molar refractivity (Wildman–Crippen MR) is 65.6 cm³/mol. The zero-order valence-corrected chi connectivity index (χ0v) is 10.1. The lowest BCUT2D eigenvalue weighted by Crippen LogP contribution is -2.01. The average molecular weight is 226 g/mol. The molecule has 0 saturated heterocycles.